The number of aryl methyl sites for hydroxylation is 2. The van der Waals surface area contributed by atoms with Gasteiger partial charge in [0, 0.05) is 5.69 Å². The Hall–Kier alpha value is -4.91. The number of aromatic nitrogens is 2. The molecule has 2 aromatic heterocycles. The Kier molecular flexibility index (Phi) is 5.21. The van der Waals surface area contributed by atoms with Gasteiger partial charge in [-0.25, -0.2) is 14.7 Å². The topological polar surface area (TPSA) is 71.0 Å². The van der Waals surface area contributed by atoms with Gasteiger partial charge < -0.3 is 14.6 Å². The number of amidine groups is 2. The molecule has 38 heavy (non-hydrogen) atoms. The van der Waals surface area contributed by atoms with E-state index < -0.39 is 0 Å². The predicted octanol–water partition coefficient (Wildman–Crippen LogP) is 7.13. The predicted molar refractivity (Wildman–Crippen MR) is 151 cm³/mol. The number of fused-ring (bicyclic) bond motifs is 4. The van der Waals surface area contributed by atoms with Crippen LogP contribution < -0.4 is 10.2 Å². The number of aliphatic imine (C=N–C) groups is 2. The van der Waals surface area contributed by atoms with Gasteiger partial charge in [0.1, 0.15) is 11.8 Å². The molecule has 186 valence electrons. The molecule has 0 amide bonds. The summed E-state index contributed by atoms with van der Waals surface area (Å²) in [4.78, 5) is 12.5. The molecule has 7 rings (SSSR count). The summed E-state index contributed by atoms with van der Waals surface area (Å²) in [6.07, 6.45) is 2.71. The number of nitrogens with one attached hydrogen (secondary N) is 1. The van der Waals surface area contributed by atoms with E-state index in [-0.39, 0.29) is 6.04 Å². The van der Waals surface area contributed by atoms with Crippen molar-refractivity contribution in [3.63, 3.8) is 0 Å². The third kappa shape index (κ3) is 3.55. The van der Waals surface area contributed by atoms with Gasteiger partial charge in [-0.05, 0) is 67.4 Å². The molecule has 0 saturated heterocycles. The van der Waals surface area contributed by atoms with Gasteiger partial charge in [-0.2, -0.15) is 5.10 Å². The molecular weight excluding hydrogens is 472 g/mol. The third-order valence-corrected chi connectivity index (χ3v) is 7.08. The number of anilines is 2. The molecule has 1 atom stereocenters. The van der Waals surface area contributed by atoms with Crippen molar-refractivity contribution in [3.05, 3.63) is 120 Å². The molecule has 2 aliphatic rings. The minimum Gasteiger partial charge on any atom is -0.467 e. The molecule has 0 unspecified atom stereocenters. The molecule has 7 heteroatoms. The summed E-state index contributed by atoms with van der Waals surface area (Å²) in [5.74, 6) is 2.98. The smallest absolute Gasteiger partial charge is 0.179 e. The van der Waals surface area contributed by atoms with Crippen LogP contribution >= 0.6 is 0 Å². The summed E-state index contributed by atoms with van der Waals surface area (Å²) in [5.41, 5.74) is 6.94. The number of hydrogen-bond acceptors (Lipinski definition) is 6. The second-order valence-corrected chi connectivity index (χ2v) is 9.42. The Morgan fingerprint density at radius 2 is 1.66 bits per heavy atom. The molecule has 0 radical (unpaired) electrons. The van der Waals surface area contributed by atoms with Crippen molar-refractivity contribution < 1.29 is 4.42 Å². The highest BCUT2D eigenvalue weighted by molar-refractivity contribution is 6.51. The van der Waals surface area contributed by atoms with Crippen LogP contribution in [0.15, 0.2) is 112 Å². The fourth-order valence-electron chi connectivity index (χ4n) is 5.22. The Balaban J connectivity index is 1.46. The van der Waals surface area contributed by atoms with E-state index in [9.17, 15) is 0 Å². The summed E-state index contributed by atoms with van der Waals surface area (Å²) < 4.78 is 7.96. The van der Waals surface area contributed by atoms with E-state index in [1.165, 1.54) is 5.56 Å². The lowest BCUT2D eigenvalue weighted by Crippen LogP contribution is -2.46. The lowest BCUT2D eigenvalue weighted by Gasteiger charge is -2.39. The summed E-state index contributed by atoms with van der Waals surface area (Å²) in [7, 11) is 0. The zero-order valence-corrected chi connectivity index (χ0v) is 21.2. The first-order chi connectivity index (χ1) is 18.7. The fraction of sp³-hybridized carbons (Fsp3) is 0.129. The SMILES string of the molecule is CCc1ccc(NC2=Nc3ccccc3N3C2=Nc2c(c(C)nn2-c2ccccc2)[C@H]3c2ccco2)cc1. The molecule has 0 aliphatic carbocycles. The molecule has 0 spiro atoms. The first-order valence-corrected chi connectivity index (χ1v) is 12.8. The zero-order chi connectivity index (χ0) is 25.6. The van der Waals surface area contributed by atoms with Crippen LogP contribution in [0.5, 0.6) is 0 Å². The van der Waals surface area contributed by atoms with E-state index in [0.29, 0.717) is 11.7 Å². The molecule has 5 aromatic rings. The zero-order valence-electron chi connectivity index (χ0n) is 21.2. The lowest BCUT2D eigenvalue weighted by molar-refractivity contribution is 0.487. The van der Waals surface area contributed by atoms with Crippen LogP contribution in [0, 0.1) is 6.92 Å². The van der Waals surface area contributed by atoms with E-state index >= 15 is 0 Å². The molecule has 0 bridgehead atoms. The van der Waals surface area contributed by atoms with Crippen LogP contribution in [-0.2, 0) is 6.42 Å². The largest absolute Gasteiger partial charge is 0.467 e. The van der Waals surface area contributed by atoms with Crippen molar-refractivity contribution in [2.24, 2.45) is 9.98 Å². The number of rotatable bonds is 4. The minimum absolute atomic E-state index is 0.263. The van der Waals surface area contributed by atoms with Gasteiger partial charge in [-0.1, -0.05) is 49.4 Å². The Bertz CT molecular complexity index is 1680. The van der Waals surface area contributed by atoms with Gasteiger partial charge in [-0.3, -0.25) is 0 Å². The monoisotopic (exact) mass is 498 g/mol. The van der Waals surface area contributed by atoms with Crippen LogP contribution in [0.25, 0.3) is 5.69 Å². The molecule has 3 aromatic carbocycles. The lowest BCUT2D eigenvalue weighted by atomic mass is 9.98. The Morgan fingerprint density at radius 3 is 2.42 bits per heavy atom. The van der Waals surface area contributed by atoms with E-state index in [1.54, 1.807) is 6.26 Å². The van der Waals surface area contributed by atoms with Gasteiger partial charge in [-0.15, -0.1) is 0 Å². The number of nitrogens with zero attached hydrogens (tertiary/aromatic N) is 5. The minimum atomic E-state index is -0.263. The van der Waals surface area contributed by atoms with Gasteiger partial charge in [0.2, 0.25) is 0 Å². The first kappa shape index (κ1) is 22.3. The quantitative estimate of drug-likeness (QED) is 0.286. The van der Waals surface area contributed by atoms with Crippen molar-refractivity contribution in [1.82, 2.24) is 9.78 Å². The van der Waals surface area contributed by atoms with E-state index in [4.69, 9.17) is 19.5 Å². The standard InChI is InChI=1S/C31H26N6O/c1-3-21-15-17-22(18-16-21)32-29-31-34-30-27(20(2)35-37(30)23-10-5-4-6-11-23)28(26-14-9-19-38-26)36(31)25-13-8-7-12-24(25)33-29/h4-19,28H,3H2,1-2H3,(H,32,33)/t28-/m1/s1. The Labute approximate surface area is 220 Å². The van der Waals surface area contributed by atoms with Crippen LogP contribution in [0.3, 0.4) is 0 Å². The van der Waals surface area contributed by atoms with E-state index in [0.717, 1.165) is 52.0 Å². The fourth-order valence-corrected chi connectivity index (χ4v) is 5.22. The summed E-state index contributed by atoms with van der Waals surface area (Å²) in [6.45, 7) is 4.19. The van der Waals surface area contributed by atoms with Gasteiger partial charge in [0.25, 0.3) is 0 Å². The van der Waals surface area contributed by atoms with Crippen LogP contribution in [-0.4, -0.2) is 21.5 Å². The van der Waals surface area contributed by atoms with Crippen molar-refractivity contribution in [2.45, 2.75) is 26.3 Å². The summed E-state index contributed by atoms with van der Waals surface area (Å²) >= 11 is 0. The second kappa shape index (κ2) is 8.88. The molecule has 1 N–H and O–H groups in total. The number of hydrogen-bond donors (Lipinski definition) is 1. The van der Waals surface area contributed by atoms with Gasteiger partial charge in [0.15, 0.2) is 17.5 Å². The van der Waals surface area contributed by atoms with Crippen molar-refractivity contribution >= 4 is 34.6 Å². The van der Waals surface area contributed by atoms with Gasteiger partial charge in [0.05, 0.1) is 34.6 Å². The van der Waals surface area contributed by atoms with Crippen LogP contribution in [0.1, 0.15) is 35.5 Å². The summed E-state index contributed by atoms with van der Waals surface area (Å²) in [6, 6.07) is 30.4. The van der Waals surface area contributed by atoms with Crippen LogP contribution in [0.4, 0.5) is 22.9 Å². The molecule has 2 aliphatic heterocycles. The van der Waals surface area contributed by atoms with E-state index in [2.05, 4.69) is 47.5 Å². The number of para-hydroxylation sites is 3. The second-order valence-electron chi connectivity index (χ2n) is 9.42. The average Bonchev–Trinajstić information content (AvgIpc) is 3.61. The van der Waals surface area contributed by atoms with Crippen LogP contribution in [0.2, 0.25) is 0 Å². The van der Waals surface area contributed by atoms with Crippen molar-refractivity contribution in [3.8, 4) is 5.69 Å². The Morgan fingerprint density at radius 1 is 0.868 bits per heavy atom. The average molecular weight is 499 g/mol. The highest BCUT2D eigenvalue weighted by Crippen LogP contribution is 2.48. The van der Waals surface area contributed by atoms with Crippen molar-refractivity contribution in [1.29, 1.82) is 0 Å². The maximum atomic E-state index is 6.05. The highest BCUT2D eigenvalue weighted by atomic mass is 16.3. The molecule has 0 fully saturated rings. The van der Waals surface area contributed by atoms with Gasteiger partial charge >= 0.3 is 0 Å². The highest BCUT2D eigenvalue weighted by Gasteiger charge is 2.42. The molecule has 7 nitrogen and oxygen atoms in total. The maximum Gasteiger partial charge on any atom is 0.179 e. The normalized spacial score (nSPS) is 15.7. The maximum absolute atomic E-state index is 6.05. The summed E-state index contributed by atoms with van der Waals surface area (Å²) in [5, 5.41) is 8.50. The van der Waals surface area contributed by atoms with Crippen molar-refractivity contribution in [2.75, 3.05) is 10.2 Å². The number of furan rings is 1. The molecule has 4 heterocycles. The number of benzene rings is 3. The molecular formula is C31H26N6O. The third-order valence-electron chi connectivity index (χ3n) is 7.08. The molecule has 0 saturated carbocycles. The van der Waals surface area contributed by atoms with E-state index in [1.807, 2.05) is 72.3 Å². The first-order valence-electron chi connectivity index (χ1n) is 12.8.